The van der Waals surface area contributed by atoms with Gasteiger partial charge in [0.15, 0.2) is 0 Å². The number of ether oxygens (including phenoxy) is 1. The van der Waals surface area contributed by atoms with Gasteiger partial charge < -0.3 is 10.1 Å². The maximum absolute atomic E-state index is 13.1. The van der Waals surface area contributed by atoms with E-state index in [0.717, 1.165) is 11.1 Å². The number of halogens is 1. The Bertz CT molecular complexity index is 1180. The zero-order valence-corrected chi connectivity index (χ0v) is 19.4. The minimum absolute atomic E-state index is 0.0487. The summed E-state index contributed by atoms with van der Waals surface area (Å²) in [6.45, 7) is 4.13. The molecule has 0 heterocycles. The van der Waals surface area contributed by atoms with Crippen LogP contribution in [0.5, 0.6) is 5.75 Å². The fraction of sp³-hybridized carbons (Fsp3) is 0.208. The highest BCUT2D eigenvalue weighted by atomic mass is 35.5. The predicted octanol–water partition coefficient (Wildman–Crippen LogP) is 4.58. The van der Waals surface area contributed by atoms with Crippen LogP contribution in [0.2, 0.25) is 5.02 Å². The van der Waals surface area contributed by atoms with Crippen LogP contribution in [0.15, 0.2) is 77.7 Å². The molecule has 0 fully saturated rings. The van der Waals surface area contributed by atoms with Crippen molar-refractivity contribution in [3.63, 3.8) is 0 Å². The third-order valence-corrected chi connectivity index (χ3v) is 6.46. The number of anilines is 1. The summed E-state index contributed by atoms with van der Waals surface area (Å²) >= 11 is 6.17. The van der Waals surface area contributed by atoms with Gasteiger partial charge in [-0.25, -0.2) is 8.42 Å². The molecule has 32 heavy (non-hydrogen) atoms. The highest BCUT2D eigenvalue weighted by Crippen LogP contribution is 2.27. The first-order chi connectivity index (χ1) is 15.3. The average molecular weight is 473 g/mol. The fourth-order valence-corrected chi connectivity index (χ4v) is 4.69. The van der Waals surface area contributed by atoms with Gasteiger partial charge in [0.2, 0.25) is 15.9 Å². The summed E-state index contributed by atoms with van der Waals surface area (Å²) in [6.07, 6.45) is 0.183. The van der Waals surface area contributed by atoms with E-state index in [4.69, 9.17) is 16.3 Å². The van der Waals surface area contributed by atoms with E-state index in [1.165, 1.54) is 18.2 Å². The van der Waals surface area contributed by atoms with Gasteiger partial charge in [-0.1, -0.05) is 54.1 Å². The van der Waals surface area contributed by atoms with E-state index in [0.29, 0.717) is 18.0 Å². The monoisotopic (exact) mass is 472 g/mol. The highest BCUT2D eigenvalue weighted by Gasteiger charge is 2.27. The Morgan fingerprint density at radius 2 is 1.78 bits per heavy atom. The van der Waals surface area contributed by atoms with Gasteiger partial charge >= 0.3 is 0 Å². The first-order valence-corrected chi connectivity index (χ1v) is 12.0. The molecule has 0 saturated carbocycles. The first kappa shape index (κ1) is 23.8. The molecule has 0 unspecified atom stereocenters. The van der Waals surface area contributed by atoms with Crippen molar-refractivity contribution in [3.05, 3.63) is 88.9 Å². The molecule has 3 rings (SSSR count). The average Bonchev–Trinajstić information content (AvgIpc) is 2.75. The van der Waals surface area contributed by atoms with Crippen molar-refractivity contribution in [1.29, 1.82) is 0 Å². The van der Waals surface area contributed by atoms with Crippen LogP contribution in [0.3, 0.4) is 0 Å². The number of carbonyl (C=O) groups is 1. The second-order valence-electron chi connectivity index (χ2n) is 7.25. The summed E-state index contributed by atoms with van der Waals surface area (Å²) in [4.78, 5) is 13.0. The minimum Gasteiger partial charge on any atom is -0.492 e. The minimum atomic E-state index is -4.03. The van der Waals surface area contributed by atoms with E-state index in [2.05, 4.69) is 10.0 Å². The third-order valence-electron chi connectivity index (χ3n) is 4.70. The smallest absolute Gasteiger partial charge is 0.242 e. The number of carbonyl (C=O) groups excluding carboxylic acids is 1. The molecule has 0 bridgehead atoms. The number of rotatable bonds is 9. The Hall–Kier alpha value is -2.87. The second kappa shape index (κ2) is 10.6. The van der Waals surface area contributed by atoms with Gasteiger partial charge in [0, 0.05) is 5.69 Å². The topological polar surface area (TPSA) is 84.5 Å². The van der Waals surface area contributed by atoms with E-state index in [9.17, 15) is 13.2 Å². The van der Waals surface area contributed by atoms with Crippen molar-refractivity contribution in [2.75, 3.05) is 11.9 Å². The maximum atomic E-state index is 13.1. The lowest BCUT2D eigenvalue weighted by molar-refractivity contribution is -0.117. The number of benzene rings is 3. The molecular formula is C24H25ClN2O4S. The lowest BCUT2D eigenvalue weighted by Crippen LogP contribution is -2.45. The summed E-state index contributed by atoms with van der Waals surface area (Å²) in [5.41, 5.74) is 2.40. The molecular weight excluding hydrogens is 448 g/mol. The molecule has 1 amide bonds. The van der Waals surface area contributed by atoms with Crippen LogP contribution in [0.25, 0.3) is 0 Å². The van der Waals surface area contributed by atoms with Crippen molar-refractivity contribution < 1.29 is 17.9 Å². The molecule has 2 N–H and O–H groups in total. The molecule has 0 spiro atoms. The maximum Gasteiger partial charge on any atom is 0.242 e. The quantitative estimate of drug-likeness (QED) is 0.477. The summed E-state index contributed by atoms with van der Waals surface area (Å²) < 4.78 is 34.0. The van der Waals surface area contributed by atoms with E-state index in [1.54, 1.807) is 6.07 Å². The molecule has 0 aliphatic carbocycles. The SMILES string of the molecule is CCOc1ccc(S(=O)(=O)N[C@H](Cc2ccccc2)C(=O)Nc2cccc(C)c2)cc1Cl. The Balaban J connectivity index is 1.87. The van der Waals surface area contributed by atoms with Crippen LogP contribution < -0.4 is 14.8 Å². The van der Waals surface area contributed by atoms with Gasteiger partial charge in [-0.2, -0.15) is 4.72 Å². The molecule has 0 aliphatic heterocycles. The highest BCUT2D eigenvalue weighted by molar-refractivity contribution is 7.89. The van der Waals surface area contributed by atoms with E-state index < -0.39 is 22.0 Å². The Kier molecular flexibility index (Phi) is 7.90. The second-order valence-corrected chi connectivity index (χ2v) is 9.37. The van der Waals surface area contributed by atoms with Crippen molar-refractivity contribution in [2.24, 2.45) is 0 Å². The molecule has 0 radical (unpaired) electrons. The van der Waals surface area contributed by atoms with Crippen molar-refractivity contribution >= 4 is 33.2 Å². The van der Waals surface area contributed by atoms with Gasteiger partial charge in [0.25, 0.3) is 0 Å². The fourth-order valence-electron chi connectivity index (χ4n) is 3.17. The number of hydrogen-bond donors (Lipinski definition) is 2. The molecule has 0 aliphatic rings. The number of sulfonamides is 1. The van der Waals surface area contributed by atoms with Gasteiger partial charge in [-0.15, -0.1) is 0 Å². The standard InChI is InChI=1S/C24H25ClN2O4S/c1-3-31-23-13-12-20(16-21(23)25)32(29,30)27-22(15-18-9-5-4-6-10-18)24(28)26-19-11-7-8-17(2)14-19/h4-14,16,22,27H,3,15H2,1-2H3,(H,26,28)/t22-/m1/s1. The first-order valence-electron chi connectivity index (χ1n) is 10.1. The molecule has 1 atom stereocenters. The number of amides is 1. The summed E-state index contributed by atoms with van der Waals surface area (Å²) in [5, 5.41) is 2.98. The Morgan fingerprint density at radius 3 is 2.44 bits per heavy atom. The van der Waals surface area contributed by atoms with Crippen LogP contribution in [-0.2, 0) is 21.2 Å². The molecule has 168 valence electrons. The molecule has 6 nitrogen and oxygen atoms in total. The number of hydrogen-bond acceptors (Lipinski definition) is 4. The lowest BCUT2D eigenvalue weighted by Gasteiger charge is -2.19. The molecule has 0 saturated heterocycles. The third kappa shape index (κ3) is 6.32. The Morgan fingerprint density at radius 1 is 1.03 bits per heavy atom. The van der Waals surface area contributed by atoms with Crippen LogP contribution in [0, 0.1) is 6.92 Å². The van der Waals surface area contributed by atoms with Crippen LogP contribution in [0.1, 0.15) is 18.1 Å². The number of nitrogens with one attached hydrogen (secondary N) is 2. The largest absolute Gasteiger partial charge is 0.492 e. The Labute approximate surface area is 193 Å². The molecule has 0 aromatic heterocycles. The number of aryl methyl sites for hydroxylation is 1. The van der Waals surface area contributed by atoms with E-state index in [-0.39, 0.29) is 16.3 Å². The summed E-state index contributed by atoms with van der Waals surface area (Å²) in [7, 11) is -4.03. The molecule has 3 aromatic carbocycles. The molecule has 8 heteroatoms. The summed E-state index contributed by atoms with van der Waals surface area (Å²) in [6, 6.07) is 19.7. The zero-order chi connectivity index (χ0) is 23.1. The van der Waals surface area contributed by atoms with Crippen LogP contribution in [0.4, 0.5) is 5.69 Å². The summed E-state index contributed by atoms with van der Waals surface area (Å²) in [5.74, 6) is -0.0637. The van der Waals surface area contributed by atoms with Crippen molar-refractivity contribution in [3.8, 4) is 5.75 Å². The molecule has 3 aromatic rings. The van der Waals surface area contributed by atoms with Crippen LogP contribution in [-0.4, -0.2) is 27.0 Å². The van der Waals surface area contributed by atoms with Gasteiger partial charge in [0.1, 0.15) is 11.8 Å². The normalized spacial score (nSPS) is 12.2. The van der Waals surface area contributed by atoms with E-state index >= 15 is 0 Å². The predicted molar refractivity (Wildman–Crippen MR) is 127 cm³/mol. The van der Waals surface area contributed by atoms with Crippen molar-refractivity contribution in [1.82, 2.24) is 4.72 Å². The van der Waals surface area contributed by atoms with Crippen molar-refractivity contribution in [2.45, 2.75) is 31.2 Å². The van der Waals surface area contributed by atoms with Gasteiger partial charge in [-0.05, 0) is 61.7 Å². The van der Waals surface area contributed by atoms with Gasteiger partial charge in [-0.3, -0.25) is 4.79 Å². The lowest BCUT2D eigenvalue weighted by atomic mass is 10.1. The van der Waals surface area contributed by atoms with Gasteiger partial charge in [0.05, 0.1) is 16.5 Å². The zero-order valence-electron chi connectivity index (χ0n) is 17.8. The van der Waals surface area contributed by atoms with Crippen LogP contribution >= 0.6 is 11.6 Å². The van der Waals surface area contributed by atoms with E-state index in [1.807, 2.05) is 62.4 Å².